The van der Waals surface area contributed by atoms with Crippen molar-refractivity contribution in [2.24, 2.45) is 5.41 Å². The van der Waals surface area contributed by atoms with Gasteiger partial charge < -0.3 is 5.11 Å². The van der Waals surface area contributed by atoms with Gasteiger partial charge in [0, 0.05) is 6.42 Å². The number of alkyl halides is 2. The molecule has 76 valence electrons. The van der Waals surface area contributed by atoms with Crippen LogP contribution in [0.2, 0.25) is 0 Å². The highest BCUT2D eigenvalue weighted by Gasteiger charge is 2.41. The first kappa shape index (κ1) is 10.4. The Morgan fingerprint density at radius 3 is 2.23 bits per heavy atom. The zero-order chi connectivity index (χ0) is 9.90. The van der Waals surface area contributed by atoms with Crippen LogP contribution >= 0.6 is 0 Å². The Kier molecular flexibility index (Phi) is 3.22. The van der Waals surface area contributed by atoms with Gasteiger partial charge in [0.25, 0.3) is 0 Å². The van der Waals surface area contributed by atoms with E-state index in [2.05, 4.69) is 0 Å². The molecular formula is C9H14F2O2. The molecule has 1 fully saturated rings. The monoisotopic (exact) mass is 192 g/mol. The van der Waals surface area contributed by atoms with E-state index < -0.39 is 24.2 Å². The molecule has 2 nitrogen and oxygen atoms in total. The van der Waals surface area contributed by atoms with Gasteiger partial charge in [-0.2, -0.15) is 0 Å². The van der Waals surface area contributed by atoms with Crippen LogP contribution in [0.1, 0.15) is 38.5 Å². The highest BCUT2D eigenvalue weighted by molar-refractivity contribution is 5.74. The van der Waals surface area contributed by atoms with E-state index in [0.717, 1.165) is 19.3 Å². The second kappa shape index (κ2) is 4.03. The van der Waals surface area contributed by atoms with Crippen molar-refractivity contribution in [2.75, 3.05) is 0 Å². The lowest BCUT2D eigenvalue weighted by atomic mass is 9.72. The van der Waals surface area contributed by atoms with Gasteiger partial charge in [0.2, 0.25) is 6.43 Å². The van der Waals surface area contributed by atoms with Crippen LogP contribution in [0.5, 0.6) is 0 Å². The molecule has 0 atom stereocenters. The maximum absolute atomic E-state index is 12.2. The van der Waals surface area contributed by atoms with Crippen molar-refractivity contribution in [3.8, 4) is 0 Å². The van der Waals surface area contributed by atoms with E-state index in [0.29, 0.717) is 12.8 Å². The summed E-state index contributed by atoms with van der Waals surface area (Å²) in [5.74, 6) is -1.05. The summed E-state index contributed by atoms with van der Waals surface area (Å²) >= 11 is 0. The minimum absolute atomic E-state index is 0.409. The predicted octanol–water partition coefficient (Wildman–Crippen LogP) is 2.68. The van der Waals surface area contributed by atoms with Crippen LogP contribution in [0, 0.1) is 5.41 Å². The fraction of sp³-hybridized carbons (Fsp3) is 0.889. The molecule has 0 aromatic heterocycles. The number of carboxylic acids is 1. The summed E-state index contributed by atoms with van der Waals surface area (Å²) < 4.78 is 24.3. The maximum Gasteiger partial charge on any atom is 0.309 e. The largest absolute Gasteiger partial charge is 0.481 e. The quantitative estimate of drug-likeness (QED) is 0.746. The third-order valence-electron chi connectivity index (χ3n) is 2.81. The molecule has 1 aliphatic carbocycles. The molecule has 1 rings (SSSR count). The van der Waals surface area contributed by atoms with Crippen molar-refractivity contribution in [1.82, 2.24) is 0 Å². The van der Waals surface area contributed by atoms with Gasteiger partial charge in [-0.3, -0.25) is 4.79 Å². The number of carboxylic acid groups (broad SMARTS) is 1. The lowest BCUT2D eigenvalue weighted by molar-refractivity contribution is -0.154. The van der Waals surface area contributed by atoms with E-state index in [1.54, 1.807) is 0 Å². The first-order chi connectivity index (χ1) is 6.07. The second-order valence-electron chi connectivity index (χ2n) is 3.74. The SMILES string of the molecule is O=C(O)C1(CC(F)F)CCCCC1. The Hall–Kier alpha value is -0.670. The molecule has 0 radical (unpaired) electrons. The van der Waals surface area contributed by atoms with Gasteiger partial charge in [-0.25, -0.2) is 8.78 Å². The molecule has 13 heavy (non-hydrogen) atoms. The number of aliphatic carboxylic acids is 1. The average Bonchev–Trinajstić information content (AvgIpc) is 2.04. The van der Waals surface area contributed by atoms with Crippen molar-refractivity contribution in [3.63, 3.8) is 0 Å². The topological polar surface area (TPSA) is 37.3 Å². The maximum atomic E-state index is 12.2. The summed E-state index contributed by atoms with van der Waals surface area (Å²) in [7, 11) is 0. The summed E-state index contributed by atoms with van der Waals surface area (Å²) in [5.41, 5.74) is -1.13. The molecule has 0 aliphatic heterocycles. The standard InChI is InChI=1S/C9H14F2O2/c10-7(11)6-9(8(12)13)4-2-1-3-5-9/h7H,1-6H2,(H,12,13). The van der Waals surface area contributed by atoms with Crippen LogP contribution in [0.25, 0.3) is 0 Å². The van der Waals surface area contributed by atoms with Crippen molar-refractivity contribution in [3.05, 3.63) is 0 Å². The first-order valence-electron chi connectivity index (χ1n) is 4.58. The van der Waals surface area contributed by atoms with Crippen molar-refractivity contribution >= 4 is 5.97 Å². The van der Waals surface area contributed by atoms with Gasteiger partial charge in [-0.05, 0) is 12.8 Å². The van der Waals surface area contributed by atoms with Crippen LogP contribution in [-0.2, 0) is 4.79 Å². The van der Waals surface area contributed by atoms with Crippen LogP contribution in [-0.4, -0.2) is 17.5 Å². The lowest BCUT2D eigenvalue weighted by Crippen LogP contribution is -2.35. The van der Waals surface area contributed by atoms with Crippen LogP contribution in [0.3, 0.4) is 0 Å². The second-order valence-corrected chi connectivity index (χ2v) is 3.74. The van der Waals surface area contributed by atoms with E-state index >= 15 is 0 Å². The fourth-order valence-electron chi connectivity index (χ4n) is 2.03. The van der Waals surface area contributed by atoms with Gasteiger partial charge in [0.1, 0.15) is 0 Å². The molecule has 0 heterocycles. The van der Waals surface area contributed by atoms with Crippen molar-refractivity contribution in [2.45, 2.75) is 45.0 Å². The number of rotatable bonds is 3. The molecular weight excluding hydrogens is 178 g/mol. The average molecular weight is 192 g/mol. The van der Waals surface area contributed by atoms with E-state index in [1.165, 1.54) is 0 Å². The molecule has 1 aliphatic rings. The molecule has 1 N–H and O–H groups in total. The van der Waals surface area contributed by atoms with Crippen molar-refractivity contribution < 1.29 is 18.7 Å². The zero-order valence-corrected chi connectivity index (χ0v) is 7.43. The number of hydrogen-bond donors (Lipinski definition) is 1. The summed E-state index contributed by atoms with van der Waals surface area (Å²) in [6.07, 6.45) is 0.326. The van der Waals surface area contributed by atoms with Crippen LogP contribution < -0.4 is 0 Å². The Morgan fingerprint density at radius 1 is 1.31 bits per heavy atom. The van der Waals surface area contributed by atoms with Gasteiger partial charge >= 0.3 is 5.97 Å². The van der Waals surface area contributed by atoms with E-state index in [4.69, 9.17) is 5.11 Å². The number of halogens is 2. The molecule has 0 bridgehead atoms. The smallest absolute Gasteiger partial charge is 0.309 e. The molecule has 4 heteroatoms. The van der Waals surface area contributed by atoms with Crippen molar-refractivity contribution in [1.29, 1.82) is 0 Å². The van der Waals surface area contributed by atoms with E-state index in [9.17, 15) is 13.6 Å². The first-order valence-corrected chi connectivity index (χ1v) is 4.58. The third-order valence-corrected chi connectivity index (χ3v) is 2.81. The van der Waals surface area contributed by atoms with Gasteiger partial charge in [-0.15, -0.1) is 0 Å². The predicted molar refractivity (Wildman–Crippen MR) is 43.8 cm³/mol. The van der Waals surface area contributed by atoms with Gasteiger partial charge in [0.15, 0.2) is 0 Å². The molecule has 1 saturated carbocycles. The summed E-state index contributed by atoms with van der Waals surface area (Å²) in [6, 6.07) is 0. The van der Waals surface area contributed by atoms with Gasteiger partial charge in [-0.1, -0.05) is 19.3 Å². The number of carbonyl (C=O) groups is 1. The minimum Gasteiger partial charge on any atom is -0.481 e. The van der Waals surface area contributed by atoms with E-state index in [1.807, 2.05) is 0 Å². The zero-order valence-electron chi connectivity index (χ0n) is 7.43. The molecule has 0 saturated heterocycles. The van der Waals surface area contributed by atoms with Crippen LogP contribution in [0.15, 0.2) is 0 Å². The summed E-state index contributed by atoms with van der Waals surface area (Å²) in [6.45, 7) is 0. The van der Waals surface area contributed by atoms with Gasteiger partial charge in [0.05, 0.1) is 5.41 Å². The molecule has 0 spiro atoms. The highest BCUT2D eigenvalue weighted by Crippen LogP contribution is 2.41. The molecule has 0 amide bonds. The lowest BCUT2D eigenvalue weighted by Gasteiger charge is -2.32. The molecule has 0 unspecified atom stereocenters. The Balaban J connectivity index is 2.67. The number of hydrogen-bond acceptors (Lipinski definition) is 1. The molecule has 0 aromatic carbocycles. The normalized spacial score (nSPS) is 21.8. The van der Waals surface area contributed by atoms with E-state index in [-0.39, 0.29) is 0 Å². The Morgan fingerprint density at radius 2 is 1.85 bits per heavy atom. The Bertz CT molecular complexity index is 186. The third kappa shape index (κ3) is 2.39. The molecule has 0 aromatic rings. The highest BCUT2D eigenvalue weighted by atomic mass is 19.3. The summed E-state index contributed by atoms with van der Waals surface area (Å²) in [4.78, 5) is 10.9. The summed E-state index contributed by atoms with van der Waals surface area (Å²) in [5, 5.41) is 8.90. The van der Waals surface area contributed by atoms with Crippen LogP contribution in [0.4, 0.5) is 8.78 Å². The fourth-order valence-corrected chi connectivity index (χ4v) is 2.03. The minimum atomic E-state index is -2.51. The Labute approximate surface area is 75.9 Å².